The second kappa shape index (κ2) is 8.80. The average molecular weight is 401 g/mol. The Hall–Kier alpha value is -3.64. The summed E-state index contributed by atoms with van der Waals surface area (Å²) in [6.45, 7) is 2.14. The lowest BCUT2D eigenvalue weighted by atomic mass is 10.0. The van der Waals surface area contributed by atoms with Crippen molar-refractivity contribution in [2.45, 2.75) is 19.4 Å². The lowest BCUT2D eigenvalue weighted by Gasteiger charge is -2.09. The zero-order valence-electron chi connectivity index (χ0n) is 16.7. The third-order valence-corrected chi connectivity index (χ3v) is 4.94. The number of nitrogens with zero attached hydrogens (tertiary/aromatic N) is 2. The second-order valence-corrected chi connectivity index (χ2v) is 6.96. The molecule has 0 bridgehead atoms. The van der Waals surface area contributed by atoms with Crippen molar-refractivity contribution in [3.8, 4) is 16.9 Å². The number of carbonyl (C=O) groups is 1. The van der Waals surface area contributed by atoms with Gasteiger partial charge < -0.3 is 14.8 Å². The highest BCUT2D eigenvalue weighted by Gasteiger charge is 2.20. The van der Waals surface area contributed by atoms with E-state index in [0.717, 1.165) is 17.7 Å². The largest absolute Gasteiger partial charge is 0.467 e. The van der Waals surface area contributed by atoms with Crippen molar-refractivity contribution in [1.82, 2.24) is 15.1 Å². The van der Waals surface area contributed by atoms with Gasteiger partial charge in [0.2, 0.25) is 0 Å². The number of carbonyl (C=O) groups excluding carboxylic acids is 1. The molecule has 152 valence electrons. The summed E-state index contributed by atoms with van der Waals surface area (Å²) in [5.74, 6) is 0.100. The van der Waals surface area contributed by atoms with E-state index in [1.54, 1.807) is 23.0 Å². The molecule has 0 aliphatic heterocycles. The van der Waals surface area contributed by atoms with Gasteiger partial charge in [0.05, 0.1) is 24.1 Å². The van der Waals surface area contributed by atoms with Crippen molar-refractivity contribution in [3.63, 3.8) is 0 Å². The molecule has 4 aromatic rings. The number of benzene rings is 2. The predicted octanol–water partition coefficient (Wildman–Crippen LogP) is 4.16. The first kappa shape index (κ1) is 19.7. The Bertz CT molecular complexity index is 1100. The molecule has 30 heavy (non-hydrogen) atoms. The van der Waals surface area contributed by atoms with Crippen LogP contribution in [0.2, 0.25) is 0 Å². The van der Waals surface area contributed by atoms with E-state index in [0.29, 0.717) is 17.0 Å². The topological polar surface area (TPSA) is 80.3 Å². The van der Waals surface area contributed by atoms with Crippen LogP contribution in [0.25, 0.3) is 16.9 Å². The number of rotatable bonds is 7. The zero-order valence-corrected chi connectivity index (χ0v) is 16.7. The molecular weight excluding hydrogens is 378 g/mol. The quantitative estimate of drug-likeness (QED) is 0.487. The maximum Gasteiger partial charge on any atom is 0.255 e. The first-order valence-electron chi connectivity index (χ1n) is 9.89. The Morgan fingerprint density at radius 1 is 1.10 bits per heavy atom. The average Bonchev–Trinajstić information content (AvgIpc) is 3.48. The fourth-order valence-corrected chi connectivity index (χ4v) is 3.23. The Labute approximate surface area is 174 Å². The van der Waals surface area contributed by atoms with E-state index in [2.05, 4.69) is 17.3 Å². The third kappa shape index (κ3) is 4.18. The van der Waals surface area contributed by atoms with Gasteiger partial charge in [0, 0.05) is 11.8 Å². The van der Waals surface area contributed by atoms with Gasteiger partial charge in [-0.25, -0.2) is 4.68 Å². The number of aromatic nitrogens is 2. The second-order valence-electron chi connectivity index (χ2n) is 6.96. The van der Waals surface area contributed by atoms with E-state index < -0.39 is 6.10 Å². The van der Waals surface area contributed by atoms with Crippen molar-refractivity contribution >= 4 is 5.91 Å². The number of aryl methyl sites for hydroxylation is 1. The van der Waals surface area contributed by atoms with Gasteiger partial charge >= 0.3 is 0 Å². The summed E-state index contributed by atoms with van der Waals surface area (Å²) in [6.07, 6.45) is 3.23. The SMILES string of the molecule is CCc1ccc(-c2nn(-c3ccccc3)cc2C(=O)NCC(O)c2ccco2)cc1. The molecule has 0 radical (unpaired) electrons. The molecule has 1 unspecified atom stereocenters. The van der Waals surface area contributed by atoms with Gasteiger partial charge in [-0.1, -0.05) is 49.4 Å². The summed E-state index contributed by atoms with van der Waals surface area (Å²) in [6, 6.07) is 21.0. The molecule has 6 heteroatoms. The number of aliphatic hydroxyl groups is 1. The van der Waals surface area contributed by atoms with Gasteiger partial charge in [-0.15, -0.1) is 0 Å². The fraction of sp³-hybridized carbons (Fsp3) is 0.167. The Morgan fingerprint density at radius 2 is 1.87 bits per heavy atom. The molecule has 0 saturated carbocycles. The fourth-order valence-electron chi connectivity index (χ4n) is 3.23. The minimum Gasteiger partial charge on any atom is -0.467 e. The summed E-state index contributed by atoms with van der Waals surface area (Å²) in [7, 11) is 0. The summed E-state index contributed by atoms with van der Waals surface area (Å²) in [5, 5.41) is 17.7. The molecular formula is C24H23N3O3. The lowest BCUT2D eigenvalue weighted by Crippen LogP contribution is -2.28. The van der Waals surface area contributed by atoms with E-state index in [4.69, 9.17) is 4.42 Å². The lowest BCUT2D eigenvalue weighted by molar-refractivity contribution is 0.0901. The summed E-state index contributed by atoms with van der Waals surface area (Å²) < 4.78 is 6.89. The minimum atomic E-state index is -0.916. The van der Waals surface area contributed by atoms with Crippen molar-refractivity contribution in [2.75, 3.05) is 6.54 Å². The molecule has 1 amide bonds. The summed E-state index contributed by atoms with van der Waals surface area (Å²) in [4.78, 5) is 13.0. The van der Waals surface area contributed by atoms with Crippen LogP contribution in [-0.4, -0.2) is 27.3 Å². The van der Waals surface area contributed by atoms with Crippen molar-refractivity contribution in [3.05, 3.63) is 96.1 Å². The molecule has 0 fully saturated rings. The van der Waals surface area contributed by atoms with Gasteiger partial charge in [-0.2, -0.15) is 5.10 Å². The first-order valence-corrected chi connectivity index (χ1v) is 9.89. The number of hydrogen-bond donors (Lipinski definition) is 2. The predicted molar refractivity (Wildman–Crippen MR) is 114 cm³/mol. The van der Waals surface area contributed by atoms with Gasteiger partial charge in [-0.05, 0) is 36.2 Å². The van der Waals surface area contributed by atoms with Crippen molar-refractivity contribution in [1.29, 1.82) is 0 Å². The van der Waals surface area contributed by atoms with E-state index in [1.807, 2.05) is 54.6 Å². The number of aliphatic hydroxyl groups excluding tert-OH is 1. The van der Waals surface area contributed by atoms with Gasteiger partial charge in [-0.3, -0.25) is 4.79 Å². The van der Waals surface area contributed by atoms with Crippen molar-refractivity contribution < 1.29 is 14.3 Å². The molecule has 2 heterocycles. The smallest absolute Gasteiger partial charge is 0.255 e. The maximum atomic E-state index is 13.0. The van der Waals surface area contributed by atoms with Gasteiger partial charge in [0.25, 0.3) is 5.91 Å². The molecule has 0 spiro atoms. The molecule has 2 aromatic heterocycles. The highest BCUT2D eigenvalue weighted by Crippen LogP contribution is 2.25. The van der Waals surface area contributed by atoms with Crippen LogP contribution < -0.4 is 5.32 Å². The molecule has 0 saturated heterocycles. The van der Waals surface area contributed by atoms with Crippen LogP contribution in [0.15, 0.2) is 83.6 Å². The van der Waals surface area contributed by atoms with E-state index >= 15 is 0 Å². The molecule has 6 nitrogen and oxygen atoms in total. The van der Waals surface area contributed by atoms with Crippen LogP contribution in [-0.2, 0) is 6.42 Å². The highest BCUT2D eigenvalue weighted by molar-refractivity contribution is 6.00. The molecule has 1 atom stereocenters. The summed E-state index contributed by atoms with van der Waals surface area (Å²) in [5.41, 5.74) is 3.97. The standard InChI is InChI=1S/C24H23N3O3/c1-2-17-10-12-18(13-11-17)23-20(16-27(26-23)19-7-4-3-5-8-19)24(29)25-15-21(28)22-9-6-14-30-22/h3-14,16,21,28H,2,15H2,1H3,(H,25,29). The normalized spacial score (nSPS) is 11.9. The number of furan rings is 1. The van der Waals surface area contributed by atoms with Crippen LogP contribution >= 0.6 is 0 Å². The number of hydrogen-bond acceptors (Lipinski definition) is 4. The first-order chi connectivity index (χ1) is 14.7. The Morgan fingerprint density at radius 3 is 2.53 bits per heavy atom. The van der Waals surface area contributed by atoms with Gasteiger partial charge in [0.15, 0.2) is 0 Å². The van der Waals surface area contributed by atoms with E-state index in [1.165, 1.54) is 11.8 Å². The van der Waals surface area contributed by atoms with Gasteiger partial charge in [0.1, 0.15) is 17.6 Å². The van der Waals surface area contributed by atoms with E-state index in [9.17, 15) is 9.90 Å². The Balaban J connectivity index is 1.64. The molecule has 2 N–H and O–H groups in total. The molecule has 0 aliphatic rings. The zero-order chi connectivity index (χ0) is 20.9. The van der Waals surface area contributed by atoms with Crippen LogP contribution in [0.5, 0.6) is 0 Å². The highest BCUT2D eigenvalue weighted by atomic mass is 16.4. The van der Waals surface area contributed by atoms with Crippen LogP contribution in [0.1, 0.15) is 34.7 Å². The molecule has 4 rings (SSSR count). The molecule has 0 aliphatic carbocycles. The number of amides is 1. The Kier molecular flexibility index (Phi) is 5.77. The summed E-state index contributed by atoms with van der Waals surface area (Å²) >= 11 is 0. The number of para-hydroxylation sites is 1. The number of nitrogens with one attached hydrogen (secondary N) is 1. The minimum absolute atomic E-state index is 0.0388. The maximum absolute atomic E-state index is 13.0. The van der Waals surface area contributed by atoms with E-state index in [-0.39, 0.29) is 12.5 Å². The molecule has 2 aromatic carbocycles. The van der Waals surface area contributed by atoms with Crippen LogP contribution in [0.3, 0.4) is 0 Å². The van der Waals surface area contributed by atoms with Crippen LogP contribution in [0.4, 0.5) is 0 Å². The third-order valence-electron chi connectivity index (χ3n) is 4.94. The monoisotopic (exact) mass is 401 g/mol. The van der Waals surface area contributed by atoms with Crippen molar-refractivity contribution in [2.24, 2.45) is 0 Å². The van der Waals surface area contributed by atoms with Crippen LogP contribution in [0, 0.1) is 0 Å².